The molecule has 1 aliphatic heterocycles. The summed E-state index contributed by atoms with van der Waals surface area (Å²) in [6, 6.07) is 3.42. The molecule has 1 aliphatic rings. The number of hydrogen-bond acceptors (Lipinski definition) is 4. The van der Waals surface area contributed by atoms with Crippen LogP contribution < -0.4 is 10.6 Å². The topological polar surface area (TPSA) is 57.3 Å². The number of hydrogen-bond donors (Lipinski definition) is 2. The first-order valence-corrected chi connectivity index (χ1v) is 7.43. The number of anilines is 1. The summed E-state index contributed by atoms with van der Waals surface area (Å²) < 4.78 is 0. The molecule has 0 spiro atoms. The third-order valence-electron chi connectivity index (χ3n) is 3.48. The number of nitrogens with one attached hydrogen (secondary N) is 2. The minimum absolute atomic E-state index is 0.218. The molecule has 0 bridgehead atoms. The Labute approximate surface area is 124 Å². The van der Waals surface area contributed by atoms with Crippen LogP contribution in [0.1, 0.15) is 29.8 Å². The summed E-state index contributed by atoms with van der Waals surface area (Å²) in [4.78, 5) is 18.6. The SMILES string of the molecule is CNc1ccc(Cl)c(C(=O)NCCN2CCCCC2)n1. The van der Waals surface area contributed by atoms with Crippen LogP contribution in [-0.2, 0) is 0 Å². The molecule has 2 rings (SSSR count). The highest BCUT2D eigenvalue weighted by Gasteiger charge is 2.14. The first kappa shape index (κ1) is 15.1. The first-order chi connectivity index (χ1) is 9.70. The van der Waals surface area contributed by atoms with Crippen molar-refractivity contribution in [1.82, 2.24) is 15.2 Å². The first-order valence-electron chi connectivity index (χ1n) is 7.05. The molecule has 20 heavy (non-hydrogen) atoms. The van der Waals surface area contributed by atoms with Crippen LogP contribution in [-0.4, -0.2) is 49.0 Å². The van der Waals surface area contributed by atoms with E-state index in [4.69, 9.17) is 11.6 Å². The van der Waals surface area contributed by atoms with Crippen molar-refractivity contribution >= 4 is 23.3 Å². The zero-order valence-electron chi connectivity index (χ0n) is 11.8. The van der Waals surface area contributed by atoms with Gasteiger partial charge in [0, 0.05) is 20.1 Å². The third kappa shape index (κ3) is 4.08. The van der Waals surface area contributed by atoms with E-state index in [9.17, 15) is 4.79 Å². The number of likely N-dealkylation sites (tertiary alicyclic amines) is 1. The van der Waals surface area contributed by atoms with Crippen molar-refractivity contribution in [2.24, 2.45) is 0 Å². The molecular weight excluding hydrogens is 276 g/mol. The minimum atomic E-state index is -0.218. The van der Waals surface area contributed by atoms with Crippen LogP contribution in [0.2, 0.25) is 5.02 Å². The van der Waals surface area contributed by atoms with Crippen molar-refractivity contribution < 1.29 is 4.79 Å². The Hall–Kier alpha value is -1.33. The Morgan fingerprint density at radius 1 is 1.35 bits per heavy atom. The number of rotatable bonds is 5. The lowest BCUT2D eigenvalue weighted by Gasteiger charge is -2.26. The summed E-state index contributed by atoms with van der Waals surface area (Å²) in [6.07, 6.45) is 3.83. The maximum atomic E-state index is 12.1. The maximum Gasteiger partial charge on any atom is 0.271 e. The number of amides is 1. The van der Waals surface area contributed by atoms with E-state index < -0.39 is 0 Å². The monoisotopic (exact) mass is 296 g/mol. The number of carbonyl (C=O) groups excluding carboxylic acids is 1. The lowest BCUT2D eigenvalue weighted by Crippen LogP contribution is -2.37. The fourth-order valence-corrected chi connectivity index (χ4v) is 2.53. The minimum Gasteiger partial charge on any atom is -0.373 e. The molecule has 1 saturated heterocycles. The fraction of sp³-hybridized carbons (Fsp3) is 0.571. The van der Waals surface area contributed by atoms with Gasteiger partial charge in [0.1, 0.15) is 11.5 Å². The van der Waals surface area contributed by atoms with E-state index in [1.165, 1.54) is 19.3 Å². The van der Waals surface area contributed by atoms with Crippen LogP contribution in [0.3, 0.4) is 0 Å². The van der Waals surface area contributed by atoms with Crippen molar-refractivity contribution in [3.8, 4) is 0 Å². The highest BCUT2D eigenvalue weighted by atomic mass is 35.5. The lowest BCUT2D eigenvalue weighted by molar-refractivity contribution is 0.0942. The molecule has 6 heteroatoms. The van der Waals surface area contributed by atoms with Crippen molar-refractivity contribution in [3.05, 3.63) is 22.8 Å². The Morgan fingerprint density at radius 2 is 2.10 bits per heavy atom. The Bertz CT molecular complexity index is 460. The molecular formula is C14H21ClN4O. The van der Waals surface area contributed by atoms with E-state index in [1.807, 2.05) is 0 Å². The molecule has 0 atom stereocenters. The number of halogens is 1. The van der Waals surface area contributed by atoms with E-state index in [1.54, 1.807) is 19.2 Å². The van der Waals surface area contributed by atoms with Crippen molar-refractivity contribution in [2.75, 3.05) is 38.5 Å². The summed E-state index contributed by atoms with van der Waals surface area (Å²) >= 11 is 6.01. The molecule has 5 nitrogen and oxygen atoms in total. The van der Waals surface area contributed by atoms with Gasteiger partial charge in [-0.15, -0.1) is 0 Å². The number of carbonyl (C=O) groups is 1. The molecule has 110 valence electrons. The maximum absolute atomic E-state index is 12.1. The number of pyridine rings is 1. The summed E-state index contributed by atoms with van der Waals surface area (Å²) in [5.41, 5.74) is 0.275. The summed E-state index contributed by atoms with van der Waals surface area (Å²) in [6.45, 7) is 3.77. The predicted octanol–water partition coefficient (Wildman–Crippen LogP) is 1.99. The number of aromatic nitrogens is 1. The zero-order valence-corrected chi connectivity index (χ0v) is 12.5. The lowest BCUT2D eigenvalue weighted by atomic mass is 10.1. The van der Waals surface area contributed by atoms with E-state index in [0.29, 0.717) is 17.4 Å². The smallest absolute Gasteiger partial charge is 0.271 e. The van der Waals surface area contributed by atoms with E-state index in [-0.39, 0.29) is 11.6 Å². The third-order valence-corrected chi connectivity index (χ3v) is 3.78. The normalized spacial score (nSPS) is 15.9. The standard InChI is InChI=1S/C14H21ClN4O/c1-16-12-6-5-11(15)13(18-12)14(20)17-7-10-19-8-3-2-4-9-19/h5-6H,2-4,7-10H2,1H3,(H,16,18)(H,17,20). The predicted molar refractivity (Wildman–Crippen MR) is 81.4 cm³/mol. The van der Waals surface area contributed by atoms with Gasteiger partial charge in [-0.1, -0.05) is 18.0 Å². The van der Waals surface area contributed by atoms with Crippen molar-refractivity contribution in [1.29, 1.82) is 0 Å². The Morgan fingerprint density at radius 3 is 2.80 bits per heavy atom. The van der Waals surface area contributed by atoms with Gasteiger partial charge >= 0.3 is 0 Å². The molecule has 1 amide bonds. The second kappa shape index (κ2) is 7.45. The summed E-state index contributed by atoms with van der Waals surface area (Å²) in [7, 11) is 1.76. The van der Waals surface area contributed by atoms with Crippen LogP contribution in [0, 0.1) is 0 Å². The van der Waals surface area contributed by atoms with Gasteiger partial charge < -0.3 is 15.5 Å². The molecule has 0 aromatic carbocycles. The summed E-state index contributed by atoms with van der Waals surface area (Å²) in [5, 5.41) is 6.16. The van der Waals surface area contributed by atoms with E-state index in [2.05, 4.69) is 20.5 Å². The average Bonchev–Trinajstić information content (AvgIpc) is 2.48. The average molecular weight is 297 g/mol. The van der Waals surface area contributed by atoms with Gasteiger partial charge in [-0.25, -0.2) is 4.98 Å². The highest BCUT2D eigenvalue weighted by Crippen LogP contribution is 2.16. The molecule has 1 fully saturated rings. The second-order valence-electron chi connectivity index (χ2n) is 4.94. The van der Waals surface area contributed by atoms with Gasteiger partial charge in [-0.2, -0.15) is 0 Å². The molecule has 2 N–H and O–H groups in total. The molecule has 2 heterocycles. The fourth-order valence-electron chi connectivity index (χ4n) is 2.33. The van der Waals surface area contributed by atoms with Gasteiger partial charge in [-0.3, -0.25) is 4.79 Å². The second-order valence-corrected chi connectivity index (χ2v) is 5.34. The van der Waals surface area contributed by atoms with Crippen LogP contribution in [0.15, 0.2) is 12.1 Å². The van der Waals surface area contributed by atoms with Crippen LogP contribution in [0.5, 0.6) is 0 Å². The highest BCUT2D eigenvalue weighted by molar-refractivity contribution is 6.33. The van der Waals surface area contributed by atoms with Crippen molar-refractivity contribution in [2.45, 2.75) is 19.3 Å². The largest absolute Gasteiger partial charge is 0.373 e. The van der Waals surface area contributed by atoms with Crippen LogP contribution in [0.4, 0.5) is 5.82 Å². The van der Waals surface area contributed by atoms with Crippen LogP contribution in [0.25, 0.3) is 0 Å². The quantitative estimate of drug-likeness (QED) is 0.872. The number of piperidine rings is 1. The molecule has 0 aliphatic carbocycles. The molecule has 1 aromatic rings. The van der Waals surface area contributed by atoms with Gasteiger partial charge in [0.25, 0.3) is 5.91 Å². The Kier molecular flexibility index (Phi) is 5.61. The van der Waals surface area contributed by atoms with E-state index >= 15 is 0 Å². The zero-order chi connectivity index (χ0) is 14.4. The Balaban J connectivity index is 1.84. The molecule has 0 saturated carbocycles. The van der Waals surface area contributed by atoms with Crippen LogP contribution >= 0.6 is 11.6 Å². The number of nitrogens with zero attached hydrogens (tertiary/aromatic N) is 2. The van der Waals surface area contributed by atoms with Gasteiger partial charge in [0.05, 0.1) is 5.02 Å². The van der Waals surface area contributed by atoms with Gasteiger partial charge in [0.15, 0.2) is 0 Å². The van der Waals surface area contributed by atoms with Gasteiger partial charge in [-0.05, 0) is 38.1 Å². The van der Waals surface area contributed by atoms with Gasteiger partial charge in [0.2, 0.25) is 0 Å². The van der Waals surface area contributed by atoms with E-state index in [0.717, 1.165) is 19.6 Å². The molecule has 0 radical (unpaired) electrons. The molecule has 0 unspecified atom stereocenters. The van der Waals surface area contributed by atoms with Crippen molar-refractivity contribution in [3.63, 3.8) is 0 Å². The molecule has 1 aromatic heterocycles. The summed E-state index contributed by atoms with van der Waals surface area (Å²) in [5.74, 6) is 0.416.